The van der Waals surface area contributed by atoms with Crippen molar-refractivity contribution in [3.63, 3.8) is 0 Å². The molecule has 1 aromatic rings. The minimum atomic E-state index is -3.42. The second kappa shape index (κ2) is 4.70. The van der Waals surface area contributed by atoms with Gasteiger partial charge in [-0.15, -0.1) is 0 Å². The molecule has 0 amide bonds. The van der Waals surface area contributed by atoms with Gasteiger partial charge in [0.1, 0.15) is 7.11 Å². The van der Waals surface area contributed by atoms with Crippen LogP contribution in [0.3, 0.4) is 0 Å². The smallest absolute Gasteiger partial charge is 0.244 e. The Balaban J connectivity index is 2.24. The van der Waals surface area contributed by atoms with Crippen molar-refractivity contribution < 1.29 is 13.3 Å². The third-order valence-corrected chi connectivity index (χ3v) is 5.00. The largest absolute Gasteiger partial charge is 0.399 e. The van der Waals surface area contributed by atoms with E-state index in [4.69, 9.17) is 0 Å². The van der Waals surface area contributed by atoms with Crippen LogP contribution in [0.25, 0.3) is 0 Å². The number of benzene rings is 1. The van der Waals surface area contributed by atoms with Crippen LogP contribution in [-0.4, -0.2) is 38.1 Å². The average molecular weight is 268 g/mol. The fraction of sp³-hybridized carbons (Fsp3) is 0.417. The third-order valence-electron chi connectivity index (χ3n) is 3.07. The lowest BCUT2D eigenvalue weighted by Crippen LogP contribution is -2.57. The Bertz CT molecular complexity index is 563. The summed E-state index contributed by atoms with van der Waals surface area (Å²) in [5.41, 5.74) is 1.78. The van der Waals surface area contributed by atoms with Crippen molar-refractivity contribution in [3.8, 4) is 0 Å². The van der Waals surface area contributed by atoms with Crippen molar-refractivity contribution in [3.05, 3.63) is 29.8 Å². The molecule has 2 rings (SSSR count). The van der Waals surface area contributed by atoms with E-state index in [2.05, 4.69) is 9.99 Å². The van der Waals surface area contributed by atoms with E-state index in [1.54, 1.807) is 31.2 Å². The normalized spacial score (nSPS) is 22.8. The first-order valence-electron chi connectivity index (χ1n) is 5.65. The van der Waals surface area contributed by atoms with Gasteiger partial charge in [0.2, 0.25) is 10.0 Å². The van der Waals surface area contributed by atoms with Crippen LogP contribution in [0, 0.1) is 6.92 Å². The summed E-state index contributed by atoms with van der Waals surface area (Å²) in [6.07, 6.45) is 0. The number of aryl methyl sites for hydroxylation is 1. The summed E-state index contributed by atoms with van der Waals surface area (Å²) in [4.78, 5) is 4.98. The Hall–Kier alpha value is -1.40. The first kappa shape index (κ1) is 13.0. The first-order valence-corrected chi connectivity index (χ1v) is 7.09. The van der Waals surface area contributed by atoms with E-state index in [9.17, 15) is 8.42 Å². The van der Waals surface area contributed by atoms with Gasteiger partial charge in [0.15, 0.2) is 0 Å². The lowest BCUT2D eigenvalue weighted by Gasteiger charge is -2.37. The van der Waals surface area contributed by atoms with Crippen LogP contribution in [0.4, 0.5) is 0 Å². The molecule has 6 heteroatoms. The maximum Gasteiger partial charge on any atom is 0.244 e. The molecule has 1 atom stereocenters. The van der Waals surface area contributed by atoms with Crippen molar-refractivity contribution in [2.75, 3.05) is 13.7 Å². The van der Waals surface area contributed by atoms with Crippen LogP contribution in [0.15, 0.2) is 34.3 Å². The van der Waals surface area contributed by atoms with Crippen molar-refractivity contribution in [2.24, 2.45) is 5.16 Å². The Kier molecular flexibility index (Phi) is 3.41. The topological polar surface area (TPSA) is 59.0 Å². The van der Waals surface area contributed by atoms with Gasteiger partial charge in [-0.05, 0) is 26.0 Å². The highest BCUT2D eigenvalue weighted by Crippen LogP contribution is 2.25. The third kappa shape index (κ3) is 2.13. The maximum atomic E-state index is 12.3. The number of hydrogen-bond acceptors (Lipinski definition) is 4. The summed E-state index contributed by atoms with van der Waals surface area (Å²) < 4.78 is 26.0. The SMILES string of the molecule is CO/N=C1/CN(S(=O)(=O)c2ccc(C)cc2)[C@H]1C. The Labute approximate surface area is 107 Å². The fourth-order valence-corrected chi connectivity index (χ4v) is 3.43. The van der Waals surface area contributed by atoms with Crippen LogP contribution in [-0.2, 0) is 14.9 Å². The fourth-order valence-electron chi connectivity index (χ4n) is 1.84. The molecule has 0 spiro atoms. The number of nitrogens with zero attached hydrogens (tertiary/aromatic N) is 2. The molecule has 5 nitrogen and oxygen atoms in total. The molecule has 0 aliphatic carbocycles. The number of oxime groups is 1. The molecule has 98 valence electrons. The molecule has 0 bridgehead atoms. The van der Waals surface area contributed by atoms with Crippen LogP contribution < -0.4 is 0 Å². The van der Waals surface area contributed by atoms with Gasteiger partial charge in [-0.3, -0.25) is 0 Å². The standard InChI is InChI=1S/C12H16N2O3S/c1-9-4-6-11(7-5-9)18(15,16)14-8-12(10(14)2)13-17-3/h4-7,10H,8H2,1-3H3/b13-12-/t10-/m0/s1. The highest BCUT2D eigenvalue weighted by molar-refractivity contribution is 7.89. The van der Waals surface area contributed by atoms with Gasteiger partial charge >= 0.3 is 0 Å². The molecule has 0 radical (unpaired) electrons. The number of rotatable bonds is 3. The number of sulfonamides is 1. The van der Waals surface area contributed by atoms with E-state index < -0.39 is 10.0 Å². The van der Waals surface area contributed by atoms with Crippen LogP contribution in [0.2, 0.25) is 0 Å². The summed E-state index contributed by atoms with van der Waals surface area (Å²) >= 11 is 0. The molecule has 18 heavy (non-hydrogen) atoms. The molecule has 1 heterocycles. The predicted molar refractivity (Wildman–Crippen MR) is 69.0 cm³/mol. The maximum absolute atomic E-state index is 12.3. The minimum Gasteiger partial charge on any atom is -0.399 e. The van der Waals surface area contributed by atoms with E-state index >= 15 is 0 Å². The van der Waals surface area contributed by atoms with Gasteiger partial charge in [-0.25, -0.2) is 8.42 Å². The molecule has 0 aromatic heterocycles. The van der Waals surface area contributed by atoms with E-state index in [0.29, 0.717) is 11.4 Å². The van der Waals surface area contributed by atoms with E-state index in [1.807, 2.05) is 6.92 Å². The molecule has 0 unspecified atom stereocenters. The molecule has 1 aliphatic heterocycles. The van der Waals surface area contributed by atoms with Crippen molar-refractivity contribution in [1.29, 1.82) is 0 Å². The minimum absolute atomic E-state index is 0.240. The van der Waals surface area contributed by atoms with Crippen LogP contribution in [0.1, 0.15) is 12.5 Å². The van der Waals surface area contributed by atoms with Gasteiger partial charge < -0.3 is 4.84 Å². The lowest BCUT2D eigenvalue weighted by atomic mass is 10.1. The zero-order valence-corrected chi connectivity index (χ0v) is 11.4. The van der Waals surface area contributed by atoms with E-state index in [-0.39, 0.29) is 6.04 Å². The zero-order valence-electron chi connectivity index (χ0n) is 10.6. The highest BCUT2D eigenvalue weighted by atomic mass is 32.2. The van der Waals surface area contributed by atoms with E-state index in [0.717, 1.165) is 11.3 Å². The van der Waals surface area contributed by atoms with Gasteiger partial charge in [-0.2, -0.15) is 4.31 Å². The molecule has 1 aromatic carbocycles. The Morgan fingerprint density at radius 3 is 2.44 bits per heavy atom. The van der Waals surface area contributed by atoms with E-state index in [1.165, 1.54) is 11.4 Å². The average Bonchev–Trinajstić information content (AvgIpc) is 2.33. The second-order valence-electron chi connectivity index (χ2n) is 4.30. The van der Waals surface area contributed by atoms with Crippen molar-refractivity contribution >= 4 is 15.7 Å². The zero-order chi connectivity index (χ0) is 13.3. The van der Waals surface area contributed by atoms with Gasteiger partial charge in [0, 0.05) is 0 Å². The summed E-state index contributed by atoms with van der Waals surface area (Å²) in [5, 5.41) is 3.79. The van der Waals surface area contributed by atoms with Crippen LogP contribution in [0.5, 0.6) is 0 Å². The van der Waals surface area contributed by atoms with Crippen LogP contribution >= 0.6 is 0 Å². The molecule has 1 fully saturated rings. The van der Waals surface area contributed by atoms with Crippen molar-refractivity contribution in [2.45, 2.75) is 24.8 Å². The summed E-state index contributed by atoms with van der Waals surface area (Å²) in [6, 6.07) is 6.60. The van der Waals surface area contributed by atoms with Gasteiger partial charge in [-0.1, -0.05) is 22.9 Å². The highest BCUT2D eigenvalue weighted by Gasteiger charge is 2.41. The monoisotopic (exact) mass is 268 g/mol. The predicted octanol–water partition coefficient (Wildman–Crippen LogP) is 1.39. The van der Waals surface area contributed by atoms with Gasteiger partial charge in [0.05, 0.1) is 23.2 Å². The second-order valence-corrected chi connectivity index (χ2v) is 6.20. The number of hydrogen-bond donors (Lipinski definition) is 0. The first-order chi connectivity index (χ1) is 8.46. The Morgan fingerprint density at radius 2 is 1.94 bits per heavy atom. The molecule has 0 saturated carbocycles. The molecular weight excluding hydrogens is 252 g/mol. The van der Waals surface area contributed by atoms with Crippen molar-refractivity contribution in [1.82, 2.24) is 4.31 Å². The summed E-state index contributed by atoms with van der Waals surface area (Å²) in [5.74, 6) is 0. The molecular formula is C12H16N2O3S. The van der Waals surface area contributed by atoms with Gasteiger partial charge in [0.25, 0.3) is 0 Å². The molecule has 0 N–H and O–H groups in total. The molecule has 1 aliphatic rings. The summed E-state index contributed by atoms with van der Waals surface area (Å²) in [6.45, 7) is 4.02. The molecule has 1 saturated heterocycles. The quantitative estimate of drug-likeness (QED) is 0.778. The lowest BCUT2D eigenvalue weighted by molar-refractivity contribution is 0.202. The summed E-state index contributed by atoms with van der Waals surface area (Å²) in [7, 11) is -1.97. The Morgan fingerprint density at radius 1 is 1.33 bits per heavy atom.